The van der Waals surface area contributed by atoms with Crippen LogP contribution < -0.4 is 10.1 Å². The zero-order valence-corrected chi connectivity index (χ0v) is 18.1. The molecule has 32 heavy (non-hydrogen) atoms. The van der Waals surface area contributed by atoms with Crippen LogP contribution in [0.3, 0.4) is 0 Å². The highest BCUT2D eigenvalue weighted by Gasteiger charge is 2.33. The third-order valence-electron chi connectivity index (χ3n) is 5.06. The van der Waals surface area contributed by atoms with Crippen LogP contribution in [0.4, 0.5) is 10.1 Å². The Morgan fingerprint density at radius 1 is 1.03 bits per heavy atom. The maximum Gasteiger partial charge on any atom is 0.247 e. The molecule has 0 radical (unpaired) electrons. The van der Waals surface area contributed by atoms with E-state index >= 15 is 0 Å². The van der Waals surface area contributed by atoms with Gasteiger partial charge in [0.05, 0.1) is 5.75 Å². The Morgan fingerprint density at radius 3 is 2.38 bits per heavy atom. The molecule has 1 unspecified atom stereocenters. The van der Waals surface area contributed by atoms with Crippen molar-refractivity contribution in [3.8, 4) is 11.5 Å². The zero-order chi connectivity index (χ0) is 22.3. The minimum atomic E-state index is -0.476. The van der Waals surface area contributed by atoms with Gasteiger partial charge in [0.1, 0.15) is 23.4 Å². The molecule has 0 aliphatic carbocycles. The second-order valence-corrected chi connectivity index (χ2v) is 8.34. The van der Waals surface area contributed by atoms with Gasteiger partial charge in [-0.2, -0.15) is 0 Å². The monoisotopic (exact) mass is 451 g/mol. The molecule has 1 saturated heterocycles. The van der Waals surface area contributed by atoms with Gasteiger partial charge in [-0.3, -0.25) is 14.6 Å². The molecule has 1 aliphatic rings. The predicted octanol–water partition coefficient (Wildman–Crippen LogP) is 4.73. The Bertz CT molecular complexity index is 1060. The minimum Gasteiger partial charge on any atom is -0.457 e. The Morgan fingerprint density at radius 2 is 1.69 bits per heavy atom. The van der Waals surface area contributed by atoms with E-state index in [-0.39, 0.29) is 23.4 Å². The van der Waals surface area contributed by atoms with Crippen LogP contribution in [0.25, 0.3) is 0 Å². The number of hydrogen-bond acceptors (Lipinski definition) is 5. The van der Waals surface area contributed by atoms with Crippen LogP contribution >= 0.6 is 11.8 Å². The molecule has 8 heteroatoms. The maximum atomic E-state index is 13.0. The summed E-state index contributed by atoms with van der Waals surface area (Å²) in [6.45, 7) is 0.582. The van der Waals surface area contributed by atoms with E-state index in [4.69, 9.17) is 4.74 Å². The van der Waals surface area contributed by atoms with E-state index < -0.39 is 6.04 Å². The van der Waals surface area contributed by atoms with Crippen molar-refractivity contribution in [2.24, 2.45) is 0 Å². The lowest BCUT2D eigenvalue weighted by Crippen LogP contribution is -2.43. The molecular weight excluding hydrogens is 429 g/mol. The van der Waals surface area contributed by atoms with Gasteiger partial charge in [-0.05, 0) is 73.5 Å². The summed E-state index contributed by atoms with van der Waals surface area (Å²) in [6, 6.07) is 15.9. The van der Waals surface area contributed by atoms with Crippen LogP contribution in [0.1, 0.15) is 12.8 Å². The van der Waals surface area contributed by atoms with Crippen molar-refractivity contribution in [2.75, 3.05) is 17.6 Å². The van der Waals surface area contributed by atoms with Crippen LogP contribution in [0.2, 0.25) is 0 Å². The van der Waals surface area contributed by atoms with E-state index in [2.05, 4.69) is 10.3 Å². The molecule has 1 aliphatic heterocycles. The summed E-state index contributed by atoms with van der Waals surface area (Å²) in [5.41, 5.74) is 0.618. The van der Waals surface area contributed by atoms with Gasteiger partial charge >= 0.3 is 0 Å². The average molecular weight is 452 g/mol. The Hall–Kier alpha value is -3.39. The molecule has 2 aromatic carbocycles. The van der Waals surface area contributed by atoms with Gasteiger partial charge in [-0.15, -0.1) is 11.8 Å². The molecule has 1 aromatic heterocycles. The summed E-state index contributed by atoms with van der Waals surface area (Å²) in [6.07, 6.45) is 4.82. The molecule has 6 nitrogen and oxygen atoms in total. The number of thioether (sulfide) groups is 1. The van der Waals surface area contributed by atoms with Crippen LogP contribution in [-0.4, -0.2) is 40.0 Å². The van der Waals surface area contributed by atoms with Crippen LogP contribution in [0.5, 0.6) is 11.5 Å². The Labute approximate surface area is 189 Å². The summed E-state index contributed by atoms with van der Waals surface area (Å²) in [5.74, 6) is 0.798. The molecular formula is C24H22FN3O3S. The van der Waals surface area contributed by atoms with Gasteiger partial charge in [0.2, 0.25) is 11.8 Å². The molecule has 164 valence electrons. The van der Waals surface area contributed by atoms with Gasteiger partial charge in [-0.1, -0.05) is 0 Å². The third-order valence-corrected chi connectivity index (χ3v) is 6.06. The number of anilines is 1. The number of ether oxygens (including phenoxy) is 1. The van der Waals surface area contributed by atoms with Crippen molar-refractivity contribution >= 4 is 29.3 Å². The van der Waals surface area contributed by atoms with Crippen molar-refractivity contribution in [1.29, 1.82) is 0 Å². The summed E-state index contributed by atoms with van der Waals surface area (Å²) in [4.78, 5) is 32.1. The molecule has 2 heterocycles. The summed E-state index contributed by atoms with van der Waals surface area (Å²) < 4.78 is 18.7. The lowest BCUT2D eigenvalue weighted by molar-refractivity contribution is -0.134. The third kappa shape index (κ3) is 5.64. The number of carbonyl (C=O) groups excluding carboxylic acids is 2. The summed E-state index contributed by atoms with van der Waals surface area (Å²) in [5, 5.41) is 2.89. The number of halogens is 1. The van der Waals surface area contributed by atoms with E-state index in [1.807, 2.05) is 12.1 Å². The van der Waals surface area contributed by atoms with E-state index in [0.717, 1.165) is 11.3 Å². The molecule has 1 fully saturated rings. The minimum absolute atomic E-state index is 0.0486. The van der Waals surface area contributed by atoms with Crippen molar-refractivity contribution in [3.63, 3.8) is 0 Å². The van der Waals surface area contributed by atoms with E-state index in [9.17, 15) is 14.0 Å². The normalized spacial score (nSPS) is 15.4. The van der Waals surface area contributed by atoms with Crippen molar-refractivity contribution in [2.45, 2.75) is 23.8 Å². The van der Waals surface area contributed by atoms with Crippen LogP contribution in [-0.2, 0) is 9.59 Å². The predicted molar refractivity (Wildman–Crippen MR) is 121 cm³/mol. The molecule has 1 N–H and O–H groups in total. The largest absolute Gasteiger partial charge is 0.457 e. The highest BCUT2D eigenvalue weighted by molar-refractivity contribution is 8.00. The number of pyridine rings is 1. The highest BCUT2D eigenvalue weighted by atomic mass is 32.2. The van der Waals surface area contributed by atoms with E-state index in [1.165, 1.54) is 23.9 Å². The number of nitrogens with zero attached hydrogens (tertiary/aromatic N) is 2. The second kappa shape index (κ2) is 10.3. The fraction of sp³-hybridized carbons (Fsp3) is 0.208. The fourth-order valence-electron chi connectivity index (χ4n) is 3.47. The Kier molecular flexibility index (Phi) is 7.01. The summed E-state index contributed by atoms with van der Waals surface area (Å²) in [7, 11) is 0. The number of nitrogens with one attached hydrogen (secondary N) is 1. The van der Waals surface area contributed by atoms with Crippen LogP contribution in [0, 0.1) is 5.82 Å². The van der Waals surface area contributed by atoms with Gasteiger partial charge in [0.15, 0.2) is 0 Å². The number of benzene rings is 2. The highest BCUT2D eigenvalue weighted by Crippen LogP contribution is 2.25. The maximum absolute atomic E-state index is 13.0. The van der Waals surface area contributed by atoms with Gasteiger partial charge < -0.3 is 15.0 Å². The standard InChI is InChI=1S/C24H22FN3O3S/c25-17-3-7-19(8-4-17)31-20-9-5-18(6-10-20)27-24(30)22-2-1-15-28(22)23(29)16-32-21-11-13-26-14-12-21/h3-14,22H,1-2,15-16H2,(H,27,30). The smallest absolute Gasteiger partial charge is 0.247 e. The number of carbonyl (C=O) groups is 2. The van der Waals surface area contributed by atoms with E-state index in [1.54, 1.807) is 53.7 Å². The molecule has 0 saturated carbocycles. The molecule has 2 amide bonds. The van der Waals surface area contributed by atoms with Crippen LogP contribution in [0.15, 0.2) is 78.0 Å². The number of hydrogen-bond donors (Lipinski definition) is 1. The van der Waals surface area contributed by atoms with Crippen molar-refractivity contribution in [3.05, 3.63) is 78.9 Å². The molecule has 4 rings (SSSR count). The second-order valence-electron chi connectivity index (χ2n) is 7.29. The summed E-state index contributed by atoms with van der Waals surface area (Å²) >= 11 is 1.44. The first kappa shape index (κ1) is 21.8. The lowest BCUT2D eigenvalue weighted by Gasteiger charge is -2.24. The molecule has 0 spiro atoms. The number of likely N-dealkylation sites (tertiary alicyclic amines) is 1. The first-order chi connectivity index (χ1) is 15.6. The Balaban J connectivity index is 1.32. The van der Waals surface area contributed by atoms with Crippen molar-refractivity contribution < 1.29 is 18.7 Å². The van der Waals surface area contributed by atoms with Gasteiger partial charge in [0.25, 0.3) is 0 Å². The number of aromatic nitrogens is 1. The number of rotatable bonds is 7. The fourth-order valence-corrected chi connectivity index (χ4v) is 4.24. The SMILES string of the molecule is O=C(Nc1ccc(Oc2ccc(F)cc2)cc1)C1CCCN1C(=O)CSc1ccncc1. The number of amides is 2. The average Bonchev–Trinajstić information content (AvgIpc) is 3.31. The van der Waals surface area contributed by atoms with E-state index in [0.29, 0.717) is 30.2 Å². The quantitative estimate of drug-likeness (QED) is 0.526. The first-order valence-electron chi connectivity index (χ1n) is 10.2. The lowest BCUT2D eigenvalue weighted by atomic mass is 10.2. The zero-order valence-electron chi connectivity index (χ0n) is 17.2. The van der Waals surface area contributed by atoms with Crippen molar-refractivity contribution in [1.82, 2.24) is 9.88 Å². The molecule has 1 atom stereocenters. The molecule has 0 bridgehead atoms. The van der Waals surface area contributed by atoms with Gasteiger partial charge in [0, 0.05) is 29.5 Å². The van der Waals surface area contributed by atoms with Gasteiger partial charge in [-0.25, -0.2) is 4.39 Å². The topological polar surface area (TPSA) is 71.5 Å². The first-order valence-corrected chi connectivity index (χ1v) is 11.2. The molecule has 3 aromatic rings.